The molecule has 0 saturated carbocycles. The lowest BCUT2D eigenvalue weighted by Crippen LogP contribution is -2.49. The first-order valence-corrected chi connectivity index (χ1v) is 12.4. The van der Waals surface area contributed by atoms with E-state index >= 15 is 0 Å². The van der Waals surface area contributed by atoms with Crippen LogP contribution in [0.2, 0.25) is 0 Å². The van der Waals surface area contributed by atoms with Crippen molar-refractivity contribution in [1.29, 1.82) is 0 Å². The molecule has 0 bridgehead atoms. The predicted octanol–water partition coefficient (Wildman–Crippen LogP) is 3.59. The Morgan fingerprint density at radius 2 is 1.97 bits per heavy atom. The molecular weight excluding hydrogens is 458 g/mol. The summed E-state index contributed by atoms with van der Waals surface area (Å²) in [5, 5.41) is 3.82. The molecule has 1 N–H and O–H groups in total. The van der Waals surface area contributed by atoms with Crippen LogP contribution in [0.1, 0.15) is 40.1 Å². The lowest BCUT2D eigenvalue weighted by atomic mass is 10.0. The third-order valence-electron chi connectivity index (χ3n) is 7.16. The van der Waals surface area contributed by atoms with Crippen LogP contribution in [0, 0.1) is 0 Å². The summed E-state index contributed by atoms with van der Waals surface area (Å²) in [6.45, 7) is 8.78. The fourth-order valence-electron chi connectivity index (χ4n) is 5.26. The number of rotatable bonds is 6. The number of furan rings is 1. The van der Waals surface area contributed by atoms with Crippen LogP contribution in [-0.2, 0) is 29.2 Å². The number of carbonyl (C=O) groups excluding carboxylic acids is 2. The molecule has 1 atom stereocenters. The van der Waals surface area contributed by atoms with Crippen LogP contribution < -0.4 is 10.1 Å². The summed E-state index contributed by atoms with van der Waals surface area (Å²) < 4.78 is 17.6. The summed E-state index contributed by atoms with van der Waals surface area (Å²) in [4.78, 5) is 29.6. The number of benzene rings is 2. The first kappa shape index (κ1) is 22.8. The number of hydrogen-bond acceptors (Lipinski definition) is 6. The van der Waals surface area contributed by atoms with Gasteiger partial charge in [0.15, 0.2) is 0 Å². The first-order valence-electron chi connectivity index (χ1n) is 12.4. The Balaban J connectivity index is 1.15. The van der Waals surface area contributed by atoms with Gasteiger partial charge in [-0.05, 0) is 48.7 Å². The lowest BCUT2D eigenvalue weighted by Gasteiger charge is -2.30. The summed E-state index contributed by atoms with van der Waals surface area (Å²) in [5.41, 5.74) is 4.16. The molecule has 1 aromatic heterocycles. The second-order valence-corrected chi connectivity index (χ2v) is 9.62. The summed E-state index contributed by atoms with van der Waals surface area (Å²) in [7, 11) is 0. The van der Waals surface area contributed by atoms with Crippen LogP contribution in [0.4, 0.5) is 0 Å². The smallest absolute Gasteiger partial charge is 0.255 e. The van der Waals surface area contributed by atoms with Gasteiger partial charge in [-0.15, -0.1) is 0 Å². The summed E-state index contributed by atoms with van der Waals surface area (Å²) in [6, 6.07) is 13.3. The summed E-state index contributed by atoms with van der Waals surface area (Å²) in [5.74, 6) is 1.04. The predicted molar refractivity (Wildman–Crippen MR) is 133 cm³/mol. The number of fused-ring (bicyclic) bond motifs is 2. The normalized spacial score (nSPS) is 20.6. The van der Waals surface area contributed by atoms with Crippen molar-refractivity contribution in [2.45, 2.75) is 38.6 Å². The van der Waals surface area contributed by atoms with Gasteiger partial charge in [0.2, 0.25) is 5.91 Å². The molecular formula is C28H29N3O5. The van der Waals surface area contributed by atoms with E-state index in [1.54, 1.807) is 11.0 Å². The SMILES string of the molecule is C=C1CCC(N2Cc3c(OCc4cc5cc(CN6CCOCC6)ccc5o4)cccc3C2=O)C(=O)N1. The van der Waals surface area contributed by atoms with E-state index in [2.05, 4.69) is 28.9 Å². The molecule has 3 aliphatic rings. The Labute approximate surface area is 209 Å². The number of allylic oxidation sites excluding steroid dienone is 1. The van der Waals surface area contributed by atoms with Crippen LogP contribution in [0.25, 0.3) is 11.0 Å². The fourth-order valence-corrected chi connectivity index (χ4v) is 5.26. The zero-order chi connectivity index (χ0) is 24.6. The van der Waals surface area contributed by atoms with E-state index in [-0.39, 0.29) is 18.4 Å². The number of piperidine rings is 1. The van der Waals surface area contributed by atoms with Gasteiger partial charge >= 0.3 is 0 Å². The third kappa shape index (κ3) is 4.38. The molecule has 6 rings (SSSR count). The molecule has 2 aromatic carbocycles. The molecule has 0 spiro atoms. The minimum absolute atomic E-state index is 0.139. The lowest BCUT2D eigenvalue weighted by molar-refractivity contribution is -0.126. The monoisotopic (exact) mass is 487 g/mol. The molecule has 0 radical (unpaired) electrons. The van der Waals surface area contributed by atoms with Crippen molar-refractivity contribution < 1.29 is 23.5 Å². The summed E-state index contributed by atoms with van der Waals surface area (Å²) in [6.07, 6.45) is 1.24. The van der Waals surface area contributed by atoms with Crippen LogP contribution in [0.15, 0.2) is 59.2 Å². The molecule has 2 amide bonds. The van der Waals surface area contributed by atoms with E-state index < -0.39 is 6.04 Å². The van der Waals surface area contributed by atoms with Gasteiger partial charge in [-0.1, -0.05) is 18.7 Å². The molecule has 1 unspecified atom stereocenters. The molecule has 3 aliphatic heterocycles. The number of ether oxygens (including phenoxy) is 2. The maximum atomic E-state index is 13.1. The van der Waals surface area contributed by atoms with Gasteiger partial charge in [0, 0.05) is 41.8 Å². The number of amides is 2. The van der Waals surface area contributed by atoms with E-state index in [1.807, 2.05) is 24.3 Å². The number of nitrogens with one attached hydrogen (secondary N) is 1. The molecule has 8 heteroatoms. The standard InChI is InChI=1S/C28H29N3O5/c1-18-5-7-24(27(32)29-18)31-16-23-22(28(31)33)3-2-4-26(23)35-17-21-14-20-13-19(6-8-25(20)36-21)15-30-9-11-34-12-10-30/h2-4,6,8,13-14,24H,1,5,7,9-12,15-17H2,(H,29,32). The van der Waals surface area contributed by atoms with Crippen molar-refractivity contribution in [3.05, 3.63) is 77.2 Å². The van der Waals surface area contributed by atoms with Gasteiger partial charge in [-0.25, -0.2) is 0 Å². The number of carbonyl (C=O) groups is 2. The van der Waals surface area contributed by atoms with Crippen molar-refractivity contribution in [2.24, 2.45) is 0 Å². The Morgan fingerprint density at radius 1 is 1.11 bits per heavy atom. The highest BCUT2D eigenvalue weighted by Gasteiger charge is 2.39. The van der Waals surface area contributed by atoms with E-state index in [4.69, 9.17) is 13.9 Å². The van der Waals surface area contributed by atoms with Crippen LogP contribution in [-0.4, -0.2) is 54.0 Å². The van der Waals surface area contributed by atoms with Crippen molar-refractivity contribution in [3.63, 3.8) is 0 Å². The molecule has 3 aromatic rings. The summed E-state index contributed by atoms with van der Waals surface area (Å²) >= 11 is 0. The molecule has 2 saturated heterocycles. The number of nitrogens with zero attached hydrogens (tertiary/aromatic N) is 2. The van der Waals surface area contributed by atoms with E-state index in [0.29, 0.717) is 36.4 Å². The highest BCUT2D eigenvalue weighted by Crippen LogP contribution is 2.34. The van der Waals surface area contributed by atoms with Crippen molar-refractivity contribution >= 4 is 22.8 Å². The van der Waals surface area contributed by atoms with Gasteiger partial charge in [0.25, 0.3) is 5.91 Å². The van der Waals surface area contributed by atoms with Gasteiger partial charge in [0.05, 0.1) is 19.8 Å². The van der Waals surface area contributed by atoms with Gasteiger partial charge in [-0.2, -0.15) is 0 Å². The molecule has 4 heterocycles. The average molecular weight is 488 g/mol. The molecule has 36 heavy (non-hydrogen) atoms. The fraction of sp³-hybridized carbons (Fsp3) is 0.357. The minimum atomic E-state index is -0.495. The minimum Gasteiger partial charge on any atom is -0.485 e. The molecule has 2 fully saturated rings. The van der Waals surface area contributed by atoms with E-state index in [1.165, 1.54) is 5.56 Å². The van der Waals surface area contributed by atoms with Crippen LogP contribution in [0.3, 0.4) is 0 Å². The second kappa shape index (κ2) is 9.44. The molecule has 186 valence electrons. The van der Waals surface area contributed by atoms with Gasteiger partial charge in [0.1, 0.15) is 29.7 Å². The zero-order valence-electron chi connectivity index (χ0n) is 20.1. The molecule has 8 nitrogen and oxygen atoms in total. The number of hydrogen-bond donors (Lipinski definition) is 1. The van der Waals surface area contributed by atoms with E-state index in [9.17, 15) is 9.59 Å². The van der Waals surface area contributed by atoms with Crippen LogP contribution >= 0.6 is 0 Å². The zero-order valence-corrected chi connectivity index (χ0v) is 20.1. The average Bonchev–Trinajstić information content (AvgIpc) is 3.44. The highest BCUT2D eigenvalue weighted by molar-refractivity contribution is 6.02. The van der Waals surface area contributed by atoms with Crippen molar-refractivity contribution in [2.75, 3.05) is 26.3 Å². The first-order chi connectivity index (χ1) is 17.5. The Morgan fingerprint density at radius 3 is 2.81 bits per heavy atom. The number of morpholine rings is 1. The topological polar surface area (TPSA) is 84.2 Å². The third-order valence-corrected chi connectivity index (χ3v) is 7.16. The Kier molecular flexibility index (Phi) is 5.99. The Bertz CT molecular complexity index is 1340. The maximum Gasteiger partial charge on any atom is 0.255 e. The highest BCUT2D eigenvalue weighted by atomic mass is 16.5. The maximum absolute atomic E-state index is 13.1. The Hall–Kier alpha value is -3.62. The second-order valence-electron chi connectivity index (χ2n) is 9.62. The van der Waals surface area contributed by atoms with E-state index in [0.717, 1.165) is 55.1 Å². The quantitative estimate of drug-likeness (QED) is 0.572. The van der Waals surface area contributed by atoms with Crippen molar-refractivity contribution in [3.8, 4) is 5.75 Å². The van der Waals surface area contributed by atoms with Crippen LogP contribution in [0.5, 0.6) is 5.75 Å². The van der Waals surface area contributed by atoms with Crippen molar-refractivity contribution in [1.82, 2.24) is 15.1 Å². The van der Waals surface area contributed by atoms with Gasteiger partial charge in [-0.3, -0.25) is 14.5 Å². The largest absolute Gasteiger partial charge is 0.485 e. The van der Waals surface area contributed by atoms with Gasteiger partial charge < -0.3 is 24.1 Å². The molecule has 0 aliphatic carbocycles.